The van der Waals surface area contributed by atoms with Crippen LogP contribution in [0.5, 0.6) is 17.4 Å². The lowest BCUT2D eigenvalue weighted by atomic mass is 10.2. The Morgan fingerprint density at radius 2 is 1.69 bits per heavy atom. The first-order valence-electron chi connectivity index (χ1n) is 12.1. The zero-order chi connectivity index (χ0) is 26.3. The number of carbonyl (C=O) groups excluding carboxylic acids is 1. The van der Waals surface area contributed by atoms with E-state index in [4.69, 9.17) is 14.2 Å². The van der Waals surface area contributed by atoms with Crippen LogP contribution < -0.4 is 30.2 Å². The zero-order valence-corrected chi connectivity index (χ0v) is 22.0. The van der Waals surface area contributed by atoms with Crippen molar-refractivity contribution >= 4 is 28.8 Å². The fraction of sp³-hybridized carbons (Fsp3) is 0.462. The molecule has 3 aromatic rings. The molecule has 2 heterocycles. The van der Waals surface area contributed by atoms with E-state index in [1.165, 1.54) is 0 Å². The van der Waals surface area contributed by atoms with Gasteiger partial charge in [-0.2, -0.15) is 0 Å². The average Bonchev–Trinajstić information content (AvgIpc) is 2.92. The number of rotatable bonds is 13. The number of anilines is 2. The van der Waals surface area contributed by atoms with Crippen LogP contribution in [-0.4, -0.2) is 61.3 Å². The lowest BCUT2D eigenvalue weighted by Gasteiger charge is -2.16. The highest BCUT2D eigenvalue weighted by molar-refractivity contribution is 5.91. The highest BCUT2D eigenvalue weighted by Crippen LogP contribution is 2.33. The van der Waals surface area contributed by atoms with Crippen molar-refractivity contribution in [1.29, 1.82) is 0 Å². The monoisotopic (exact) mass is 498 g/mol. The van der Waals surface area contributed by atoms with E-state index in [1.54, 1.807) is 38.9 Å². The standard InChI is InChI=1S/C15H22N4O2.C11H16N2O2/c1-5-10(16-2)8-17-15-11-6-13(20-3)14(21-4)7-12(11)18-9-19-15;1-3-10(4-2)15-11-6-5-9(7-12-11)13-8-14/h6-7,9-10,16H,5,8H2,1-4H3,(H,17,18,19);5-8,10H,3-4H2,1-2H3,(H,13,14). The van der Waals surface area contributed by atoms with Crippen molar-refractivity contribution in [2.75, 3.05) is 38.4 Å². The van der Waals surface area contributed by atoms with Gasteiger partial charge < -0.3 is 30.2 Å². The van der Waals surface area contributed by atoms with Gasteiger partial charge >= 0.3 is 0 Å². The quantitative estimate of drug-likeness (QED) is 0.297. The number of hydrogen-bond donors (Lipinski definition) is 3. The summed E-state index contributed by atoms with van der Waals surface area (Å²) in [6.07, 6.45) is 6.94. The summed E-state index contributed by atoms with van der Waals surface area (Å²) in [4.78, 5) is 22.9. The number of amides is 1. The molecule has 2 aromatic heterocycles. The molecule has 36 heavy (non-hydrogen) atoms. The summed E-state index contributed by atoms with van der Waals surface area (Å²) in [6, 6.07) is 7.67. The van der Waals surface area contributed by atoms with Crippen LogP contribution in [0.25, 0.3) is 10.9 Å². The maximum Gasteiger partial charge on any atom is 0.213 e. The minimum Gasteiger partial charge on any atom is -0.493 e. The number of benzene rings is 1. The average molecular weight is 499 g/mol. The summed E-state index contributed by atoms with van der Waals surface area (Å²) >= 11 is 0. The van der Waals surface area contributed by atoms with Gasteiger partial charge in [-0.3, -0.25) is 4.79 Å². The molecule has 1 atom stereocenters. The van der Waals surface area contributed by atoms with Gasteiger partial charge in [0, 0.05) is 30.1 Å². The lowest BCUT2D eigenvalue weighted by molar-refractivity contribution is -0.105. The normalized spacial score (nSPS) is 11.3. The Balaban J connectivity index is 0.000000269. The largest absolute Gasteiger partial charge is 0.493 e. The number of nitrogens with one attached hydrogen (secondary N) is 3. The van der Waals surface area contributed by atoms with Crippen LogP contribution in [0.4, 0.5) is 11.5 Å². The van der Waals surface area contributed by atoms with Crippen molar-refractivity contribution < 1.29 is 19.0 Å². The molecule has 0 saturated heterocycles. The number of methoxy groups -OCH3 is 2. The van der Waals surface area contributed by atoms with Gasteiger partial charge in [-0.1, -0.05) is 20.8 Å². The molecule has 0 aliphatic carbocycles. The smallest absolute Gasteiger partial charge is 0.213 e. The minimum atomic E-state index is 0.211. The molecule has 1 unspecified atom stereocenters. The van der Waals surface area contributed by atoms with Crippen molar-refractivity contribution in [3.8, 4) is 17.4 Å². The van der Waals surface area contributed by atoms with E-state index in [1.807, 2.05) is 19.2 Å². The van der Waals surface area contributed by atoms with Gasteiger partial charge in [0.1, 0.15) is 12.1 Å². The number of nitrogens with zero attached hydrogens (tertiary/aromatic N) is 3. The fourth-order valence-corrected chi connectivity index (χ4v) is 3.42. The summed E-state index contributed by atoms with van der Waals surface area (Å²) in [5.74, 6) is 2.73. The first-order valence-corrected chi connectivity index (χ1v) is 12.1. The third-order valence-corrected chi connectivity index (χ3v) is 5.72. The van der Waals surface area contributed by atoms with E-state index in [0.717, 1.165) is 42.5 Å². The Bertz CT molecular complexity index is 1060. The summed E-state index contributed by atoms with van der Waals surface area (Å²) in [5, 5.41) is 10.1. The van der Waals surface area contributed by atoms with Gasteiger partial charge in [0.15, 0.2) is 11.5 Å². The van der Waals surface area contributed by atoms with Gasteiger partial charge in [0.2, 0.25) is 12.3 Å². The molecule has 0 saturated carbocycles. The fourth-order valence-electron chi connectivity index (χ4n) is 3.42. The third-order valence-electron chi connectivity index (χ3n) is 5.72. The zero-order valence-electron chi connectivity index (χ0n) is 22.0. The number of fused-ring (bicyclic) bond motifs is 1. The molecule has 0 fully saturated rings. The third kappa shape index (κ3) is 8.23. The summed E-state index contributed by atoms with van der Waals surface area (Å²) in [7, 11) is 5.19. The molecular formula is C26H38N6O4. The maximum absolute atomic E-state index is 10.2. The Morgan fingerprint density at radius 3 is 2.25 bits per heavy atom. The van der Waals surface area contributed by atoms with Gasteiger partial charge in [0.25, 0.3) is 0 Å². The van der Waals surface area contributed by atoms with E-state index < -0.39 is 0 Å². The predicted molar refractivity (Wildman–Crippen MR) is 143 cm³/mol. The Hall–Kier alpha value is -3.66. The summed E-state index contributed by atoms with van der Waals surface area (Å²) in [6.45, 7) is 7.11. The van der Waals surface area contributed by atoms with E-state index in [0.29, 0.717) is 35.5 Å². The van der Waals surface area contributed by atoms with Gasteiger partial charge in [-0.15, -0.1) is 0 Å². The molecule has 1 amide bonds. The van der Waals surface area contributed by atoms with Crippen LogP contribution in [-0.2, 0) is 4.79 Å². The van der Waals surface area contributed by atoms with Crippen LogP contribution in [0.1, 0.15) is 40.0 Å². The van der Waals surface area contributed by atoms with Crippen molar-refractivity contribution in [3.05, 3.63) is 36.8 Å². The Labute approximate surface area is 213 Å². The number of ether oxygens (including phenoxy) is 3. The molecule has 1 aromatic carbocycles. The molecule has 0 aliphatic heterocycles. The van der Waals surface area contributed by atoms with Gasteiger partial charge in [-0.25, -0.2) is 15.0 Å². The highest BCUT2D eigenvalue weighted by atomic mass is 16.5. The second kappa shape index (κ2) is 15.4. The summed E-state index contributed by atoms with van der Waals surface area (Å²) in [5.41, 5.74) is 1.49. The van der Waals surface area contributed by atoms with Gasteiger partial charge in [0.05, 0.1) is 37.7 Å². The number of hydrogen-bond acceptors (Lipinski definition) is 9. The molecule has 3 rings (SSSR count). The van der Waals surface area contributed by atoms with E-state index in [9.17, 15) is 4.79 Å². The molecule has 3 N–H and O–H groups in total. The topological polar surface area (TPSA) is 120 Å². The molecule has 10 heteroatoms. The lowest BCUT2D eigenvalue weighted by Crippen LogP contribution is -2.32. The van der Waals surface area contributed by atoms with Crippen LogP contribution in [0.2, 0.25) is 0 Å². The van der Waals surface area contributed by atoms with Gasteiger partial charge in [-0.05, 0) is 38.4 Å². The van der Waals surface area contributed by atoms with E-state index >= 15 is 0 Å². The predicted octanol–water partition coefficient (Wildman–Crippen LogP) is 4.27. The minimum absolute atomic E-state index is 0.211. The van der Waals surface area contributed by atoms with E-state index in [2.05, 4.69) is 51.7 Å². The second-order valence-corrected chi connectivity index (χ2v) is 7.93. The molecule has 0 radical (unpaired) electrons. The van der Waals surface area contributed by atoms with Crippen molar-refractivity contribution in [2.45, 2.75) is 52.2 Å². The summed E-state index contributed by atoms with van der Waals surface area (Å²) < 4.78 is 16.3. The van der Waals surface area contributed by atoms with Crippen LogP contribution in [0, 0.1) is 0 Å². The first kappa shape index (κ1) is 28.6. The van der Waals surface area contributed by atoms with Crippen molar-refractivity contribution in [1.82, 2.24) is 20.3 Å². The number of aromatic nitrogens is 3. The second-order valence-electron chi connectivity index (χ2n) is 7.93. The Kier molecular flexibility index (Phi) is 12.2. The molecule has 0 aliphatic rings. The SMILES string of the molecule is CCC(CC)Oc1ccc(NC=O)cn1.CCC(CNc1ncnc2cc(OC)c(OC)cc12)NC. The first-order chi connectivity index (χ1) is 17.5. The molecule has 0 bridgehead atoms. The van der Waals surface area contributed by atoms with Crippen LogP contribution >= 0.6 is 0 Å². The highest BCUT2D eigenvalue weighted by Gasteiger charge is 2.12. The molecular weight excluding hydrogens is 460 g/mol. The molecule has 10 nitrogen and oxygen atoms in total. The number of carbonyl (C=O) groups is 1. The van der Waals surface area contributed by atoms with E-state index in [-0.39, 0.29) is 6.10 Å². The number of likely N-dealkylation sites (N-methyl/N-ethyl adjacent to an activating group) is 1. The van der Waals surface area contributed by atoms with Crippen LogP contribution in [0.15, 0.2) is 36.8 Å². The number of pyridine rings is 1. The van der Waals surface area contributed by atoms with Crippen molar-refractivity contribution in [3.63, 3.8) is 0 Å². The Morgan fingerprint density at radius 1 is 0.972 bits per heavy atom. The molecule has 196 valence electrons. The van der Waals surface area contributed by atoms with Crippen molar-refractivity contribution in [2.24, 2.45) is 0 Å². The van der Waals surface area contributed by atoms with Crippen LogP contribution in [0.3, 0.4) is 0 Å². The molecule has 0 spiro atoms. The maximum atomic E-state index is 10.2.